The molecule has 17 heavy (non-hydrogen) atoms. The van der Waals surface area contributed by atoms with E-state index in [1.807, 2.05) is 0 Å². The van der Waals surface area contributed by atoms with Crippen molar-refractivity contribution < 1.29 is 21.5 Å². The van der Waals surface area contributed by atoms with E-state index in [-0.39, 0.29) is 25.4 Å². The Bertz CT molecular complexity index is 499. The predicted molar refractivity (Wildman–Crippen MR) is 54.9 cm³/mol. The van der Waals surface area contributed by atoms with Gasteiger partial charge in [0.2, 0.25) is 5.91 Å². The number of carbonyl (C=O) groups excluding carboxylic acids is 1. The Kier molecular flexibility index (Phi) is 3.14. The van der Waals surface area contributed by atoms with Gasteiger partial charge in [-0.1, -0.05) is 0 Å². The lowest BCUT2D eigenvalue weighted by molar-refractivity contribution is -0.128. The van der Waals surface area contributed by atoms with Crippen LogP contribution in [0.3, 0.4) is 0 Å². The Hall–Kier alpha value is -1.44. The van der Waals surface area contributed by atoms with Crippen LogP contribution in [0, 0.1) is 5.92 Å². The molecule has 1 atom stereocenters. The van der Waals surface area contributed by atoms with Crippen LogP contribution in [0.2, 0.25) is 0 Å². The monoisotopic (exact) mass is 262 g/mol. The van der Waals surface area contributed by atoms with Crippen molar-refractivity contribution in [1.82, 2.24) is 9.88 Å². The minimum atomic E-state index is -4.53. The lowest BCUT2D eigenvalue weighted by atomic mass is 10.1. The number of oxazole rings is 1. The number of amides is 1. The number of aromatic nitrogens is 1. The smallest absolute Gasteiger partial charge is 0.302 e. The Labute approximate surface area is 97.6 Å². The summed E-state index contributed by atoms with van der Waals surface area (Å²) in [7, 11) is -4.53. The zero-order valence-corrected chi connectivity index (χ0v) is 9.69. The SMILES string of the molecule is O=C1CC(CS(=O)(=O)F)CN1Cc1cnco1. The van der Waals surface area contributed by atoms with E-state index in [1.54, 1.807) is 0 Å². The number of hydrogen-bond donors (Lipinski definition) is 0. The molecule has 8 heteroatoms. The highest BCUT2D eigenvalue weighted by molar-refractivity contribution is 7.86. The fourth-order valence-corrected chi connectivity index (χ4v) is 2.69. The predicted octanol–water partition coefficient (Wildman–Crippen LogP) is 0.322. The van der Waals surface area contributed by atoms with Crippen molar-refractivity contribution in [3.8, 4) is 0 Å². The van der Waals surface area contributed by atoms with E-state index in [9.17, 15) is 17.1 Å². The van der Waals surface area contributed by atoms with Crippen LogP contribution >= 0.6 is 0 Å². The molecule has 1 amide bonds. The third kappa shape index (κ3) is 3.26. The standard InChI is InChI=1S/C9H11FN2O4S/c10-17(14,15)5-7-1-9(13)12(3-7)4-8-2-11-6-16-8/h2,6-7H,1,3-5H2. The number of hydrogen-bond acceptors (Lipinski definition) is 5. The highest BCUT2D eigenvalue weighted by atomic mass is 32.3. The Morgan fingerprint density at radius 3 is 2.94 bits per heavy atom. The number of rotatable bonds is 4. The fraction of sp³-hybridized carbons (Fsp3) is 0.556. The highest BCUT2D eigenvalue weighted by Gasteiger charge is 2.33. The van der Waals surface area contributed by atoms with E-state index in [2.05, 4.69) is 4.98 Å². The first-order valence-corrected chi connectivity index (χ1v) is 6.57. The lowest BCUT2D eigenvalue weighted by Gasteiger charge is -2.13. The second-order valence-corrected chi connectivity index (χ2v) is 5.43. The Morgan fingerprint density at radius 1 is 1.59 bits per heavy atom. The maximum Gasteiger partial charge on any atom is 0.302 e. The van der Waals surface area contributed by atoms with Crippen molar-refractivity contribution >= 4 is 16.1 Å². The zero-order valence-electron chi connectivity index (χ0n) is 8.87. The van der Waals surface area contributed by atoms with E-state index in [4.69, 9.17) is 4.42 Å². The summed E-state index contributed by atoms with van der Waals surface area (Å²) < 4.78 is 38.5. The summed E-state index contributed by atoms with van der Waals surface area (Å²) in [6.07, 6.45) is 2.78. The summed E-state index contributed by atoms with van der Waals surface area (Å²) in [5.74, 6) is -0.774. The second kappa shape index (κ2) is 4.44. The molecule has 2 rings (SSSR count). The fourth-order valence-electron chi connectivity index (χ4n) is 1.91. The minimum absolute atomic E-state index is 0.0529. The summed E-state index contributed by atoms with van der Waals surface area (Å²) in [5, 5.41) is 0. The third-order valence-corrected chi connectivity index (χ3v) is 3.43. The van der Waals surface area contributed by atoms with Gasteiger partial charge in [0.05, 0.1) is 18.5 Å². The van der Waals surface area contributed by atoms with E-state index in [0.29, 0.717) is 5.76 Å². The quantitative estimate of drug-likeness (QED) is 0.730. The van der Waals surface area contributed by atoms with Crippen LogP contribution in [0.5, 0.6) is 0 Å². The first-order chi connectivity index (χ1) is 7.94. The Morgan fingerprint density at radius 2 is 2.35 bits per heavy atom. The minimum Gasteiger partial charge on any atom is -0.447 e. The molecule has 1 aliphatic rings. The second-order valence-electron chi connectivity index (χ2n) is 4.02. The number of halogens is 1. The molecule has 1 unspecified atom stereocenters. The molecule has 0 spiro atoms. The lowest BCUT2D eigenvalue weighted by Crippen LogP contribution is -2.25. The van der Waals surface area contributed by atoms with Gasteiger partial charge >= 0.3 is 10.2 Å². The molecule has 2 heterocycles. The van der Waals surface area contributed by atoms with Crippen LogP contribution in [0.1, 0.15) is 12.2 Å². The van der Waals surface area contributed by atoms with Gasteiger partial charge in [-0.05, 0) is 0 Å². The van der Waals surface area contributed by atoms with Crippen molar-refractivity contribution in [1.29, 1.82) is 0 Å². The number of nitrogens with zero attached hydrogens (tertiary/aromatic N) is 2. The molecule has 0 N–H and O–H groups in total. The highest BCUT2D eigenvalue weighted by Crippen LogP contribution is 2.21. The van der Waals surface area contributed by atoms with Gasteiger partial charge in [-0.25, -0.2) is 4.98 Å². The maximum atomic E-state index is 12.5. The van der Waals surface area contributed by atoms with Gasteiger partial charge in [0.15, 0.2) is 6.39 Å². The first kappa shape index (κ1) is 12.0. The largest absolute Gasteiger partial charge is 0.447 e. The van der Waals surface area contributed by atoms with Gasteiger partial charge in [0.1, 0.15) is 5.76 Å². The number of likely N-dealkylation sites (tertiary alicyclic amines) is 1. The van der Waals surface area contributed by atoms with Crippen molar-refractivity contribution in [3.63, 3.8) is 0 Å². The van der Waals surface area contributed by atoms with Crippen LogP contribution in [0.15, 0.2) is 17.0 Å². The summed E-state index contributed by atoms with van der Waals surface area (Å²) in [6, 6.07) is 0. The van der Waals surface area contributed by atoms with Gasteiger partial charge in [0, 0.05) is 18.9 Å². The molecule has 6 nitrogen and oxygen atoms in total. The first-order valence-electron chi connectivity index (χ1n) is 5.01. The van der Waals surface area contributed by atoms with Crippen LogP contribution in [-0.4, -0.2) is 36.5 Å². The maximum absolute atomic E-state index is 12.5. The van der Waals surface area contributed by atoms with Crippen LogP contribution in [0.25, 0.3) is 0 Å². The van der Waals surface area contributed by atoms with E-state index < -0.39 is 21.9 Å². The normalized spacial score (nSPS) is 21.1. The van der Waals surface area contributed by atoms with Crippen molar-refractivity contribution in [3.05, 3.63) is 18.4 Å². The van der Waals surface area contributed by atoms with Crippen LogP contribution < -0.4 is 0 Å². The third-order valence-electron chi connectivity index (χ3n) is 2.56. The molecule has 0 aliphatic carbocycles. The summed E-state index contributed by atoms with van der Waals surface area (Å²) in [4.78, 5) is 16.7. The van der Waals surface area contributed by atoms with Gasteiger partial charge < -0.3 is 9.32 Å². The topological polar surface area (TPSA) is 80.5 Å². The molecular formula is C9H11FN2O4S. The van der Waals surface area contributed by atoms with Gasteiger partial charge in [0.25, 0.3) is 0 Å². The van der Waals surface area contributed by atoms with Crippen LogP contribution in [0.4, 0.5) is 3.89 Å². The summed E-state index contributed by atoms with van der Waals surface area (Å²) in [6.45, 7) is 0.463. The van der Waals surface area contributed by atoms with Crippen molar-refractivity contribution in [2.75, 3.05) is 12.3 Å². The summed E-state index contributed by atoms with van der Waals surface area (Å²) >= 11 is 0. The van der Waals surface area contributed by atoms with E-state index in [0.717, 1.165) is 0 Å². The molecule has 1 aromatic heterocycles. The molecule has 0 bridgehead atoms. The van der Waals surface area contributed by atoms with Crippen molar-refractivity contribution in [2.45, 2.75) is 13.0 Å². The molecule has 0 aromatic carbocycles. The van der Waals surface area contributed by atoms with Gasteiger partial charge in [-0.15, -0.1) is 3.89 Å². The molecule has 0 saturated carbocycles. The van der Waals surface area contributed by atoms with Crippen molar-refractivity contribution in [2.24, 2.45) is 5.92 Å². The Balaban J connectivity index is 1.96. The summed E-state index contributed by atoms with van der Waals surface area (Å²) in [5.41, 5.74) is 0. The molecule has 0 radical (unpaired) electrons. The average molecular weight is 262 g/mol. The molecular weight excluding hydrogens is 251 g/mol. The molecule has 1 aromatic rings. The van der Waals surface area contributed by atoms with E-state index >= 15 is 0 Å². The molecule has 1 fully saturated rings. The van der Waals surface area contributed by atoms with E-state index in [1.165, 1.54) is 17.5 Å². The zero-order chi connectivity index (χ0) is 12.5. The van der Waals surface area contributed by atoms with Gasteiger partial charge in [-0.2, -0.15) is 8.42 Å². The average Bonchev–Trinajstić information content (AvgIpc) is 2.75. The molecule has 1 saturated heterocycles. The molecule has 1 aliphatic heterocycles. The van der Waals surface area contributed by atoms with Gasteiger partial charge in [-0.3, -0.25) is 4.79 Å². The number of carbonyl (C=O) groups is 1. The van der Waals surface area contributed by atoms with Crippen LogP contribution in [-0.2, 0) is 21.6 Å². The molecule has 94 valence electrons.